The quantitative estimate of drug-likeness (QED) is 0.125. The summed E-state index contributed by atoms with van der Waals surface area (Å²) in [5.74, 6) is 0. The molecule has 10 rings (SSSR count). The summed E-state index contributed by atoms with van der Waals surface area (Å²) in [6.45, 7) is 4.79. The van der Waals surface area contributed by atoms with Crippen LogP contribution in [-0.4, -0.2) is 8.80 Å². The SMILES string of the molecule is C[Si-](C)c1ccccc1-c1ccc2c(-c3ccc4ccccc4c3)c3cc(-c4cccc5ccccc45)ccc3c(-c3ccc4ccccc4c3)c2c1. The topological polar surface area (TPSA) is 0 Å². The normalized spacial score (nSPS) is 11.6. The lowest BCUT2D eigenvalue weighted by Crippen LogP contribution is -2.24. The molecule has 0 aliphatic rings. The van der Waals surface area contributed by atoms with Gasteiger partial charge in [-0.05, 0) is 123 Å². The molecule has 10 aromatic carbocycles. The first-order valence-corrected chi connectivity index (χ1v) is 21.0. The van der Waals surface area contributed by atoms with Gasteiger partial charge in [0.1, 0.15) is 0 Å². The van der Waals surface area contributed by atoms with Crippen molar-refractivity contribution in [3.05, 3.63) is 188 Å². The van der Waals surface area contributed by atoms with E-state index >= 15 is 0 Å². The van der Waals surface area contributed by atoms with Crippen molar-refractivity contribution in [3.8, 4) is 44.5 Å². The number of fused-ring (bicyclic) bond motifs is 5. The first kappa shape index (κ1) is 31.5. The molecule has 0 unspecified atom stereocenters. The smallest absolute Gasteiger partial charge is 0.00259 e. The highest BCUT2D eigenvalue weighted by molar-refractivity contribution is 6.72. The third-order valence-electron chi connectivity index (χ3n) is 11.1. The molecule has 0 spiro atoms. The fourth-order valence-corrected chi connectivity index (χ4v) is 9.72. The van der Waals surface area contributed by atoms with Gasteiger partial charge in [-0.25, -0.2) is 0 Å². The largest absolute Gasteiger partial charge is 0.291 e. The molecule has 0 heterocycles. The van der Waals surface area contributed by atoms with Gasteiger partial charge >= 0.3 is 0 Å². The van der Waals surface area contributed by atoms with Crippen LogP contribution in [0.3, 0.4) is 0 Å². The van der Waals surface area contributed by atoms with Crippen LogP contribution >= 0.6 is 0 Å². The highest BCUT2D eigenvalue weighted by Crippen LogP contribution is 2.47. The van der Waals surface area contributed by atoms with Crippen LogP contribution in [-0.2, 0) is 0 Å². The van der Waals surface area contributed by atoms with Crippen LogP contribution in [0.1, 0.15) is 0 Å². The predicted molar refractivity (Wildman–Crippen MR) is 233 cm³/mol. The molecule has 0 aromatic heterocycles. The Bertz CT molecular complexity index is 3030. The summed E-state index contributed by atoms with van der Waals surface area (Å²) in [4.78, 5) is 0. The van der Waals surface area contributed by atoms with Crippen LogP contribution < -0.4 is 5.19 Å². The Labute approximate surface area is 312 Å². The Morgan fingerprint density at radius 2 is 0.736 bits per heavy atom. The predicted octanol–water partition coefficient (Wildman–Crippen LogP) is 14.1. The van der Waals surface area contributed by atoms with Gasteiger partial charge in [-0.2, -0.15) is 18.3 Å². The third-order valence-corrected chi connectivity index (χ3v) is 12.6. The summed E-state index contributed by atoms with van der Waals surface area (Å²) >= 11 is 0. The molecular formula is C52H37Si-. The molecule has 250 valence electrons. The van der Waals surface area contributed by atoms with Crippen molar-refractivity contribution < 1.29 is 0 Å². The van der Waals surface area contributed by atoms with Crippen LogP contribution in [0.15, 0.2) is 188 Å². The van der Waals surface area contributed by atoms with Gasteiger partial charge in [-0.3, -0.25) is 8.80 Å². The molecule has 53 heavy (non-hydrogen) atoms. The average molecular weight is 690 g/mol. The van der Waals surface area contributed by atoms with Gasteiger partial charge in [-0.1, -0.05) is 164 Å². The van der Waals surface area contributed by atoms with Gasteiger partial charge in [-0.15, -0.1) is 0 Å². The molecule has 0 N–H and O–H groups in total. The minimum absolute atomic E-state index is 0.679. The number of hydrogen-bond acceptors (Lipinski definition) is 0. The molecule has 0 aliphatic heterocycles. The lowest BCUT2D eigenvalue weighted by molar-refractivity contribution is 1.64. The zero-order valence-electron chi connectivity index (χ0n) is 29.9. The second-order valence-electron chi connectivity index (χ2n) is 14.5. The summed E-state index contributed by atoms with van der Waals surface area (Å²) in [7, 11) is -0.679. The van der Waals surface area contributed by atoms with Crippen molar-refractivity contribution in [3.63, 3.8) is 0 Å². The maximum Gasteiger partial charge on any atom is -0.00259 e. The summed E-state index contributed by atoms with van der Waals surface area (Å²) in [6, 6.07) is 70.3. The molecule has 0 fully saturated rings. The van der Waals surface area contributed by atoms with E-state index in [0.717, 1.165) is 0 Å². The van der Waals surface area contributed by atoms with Crippen molar-refractivity contribution in [2.45, 2.75) is 13.1 Å². The number of rotatable bonds is 5. The third kappa shape index (κ3) is 5.36. The fourth-order valence-electron chi connectivity index (χ4n) is 8.52. The van der Waals surface area contributed by atoms with E-state index in [1.54, 1.807) is 0 Å². The zero-order valence-corrected chi connectivity index (χ0v) is 30.9. The van der Waals surface area contributed by atoms with Crippen LogP contribution in [0.4, 0.5) is 0 Å². The van der Waals surface area contributed by atoms with Gasteiger partial charge in [0.05, 0.1) is 0 Å². The maximum atomic E-state index is 2.48. The van der Waals surface area contributed by atoms with Crippen molar-refractivity contribution in [2.75, 3.05) is 0 Å². The van der Waals surface area contributed by atoms with E-state index in [4.69, 9.17) is 0 Å². The van der Waals surface area contributed by atoms with E-state index in [1.807, 2.05) is 0 Å². The monoisotopic (exact) mass is 689 g/mol. The lowest BCUT2D eigenvalue weighted by atomic mass is 9.83. The second kappa shape index (κ2) is 12.7. The molecule has 0 amide bonds. The second-order valence-corrected chi connectivity index (χ2v) is 17.0. The molecule has 0 saturated carbocycles. The van der Waals surface area contributed by atoms with Gasteiger partial charge < -0.3 is 0 Å². The van der Waals surface area contributed by atoms with E-state index in [9.17, 15) is 0 Å². The standard InChI is InChI=1S/C52H37Si/c1-53(2)50-21-10-9-19-45(50)40-27-29-47-49(33-40)52(42-25-23-35-13-4-6-16-38(35)31-42)46-28-26-39(44-20-11-17-36-14-7-8-18-43(36)44)32-48(46)51(47)41-24-22-34-12-3-5-15-37(34)30-41/h3-33H,1-2H3/q-1. The minimum atomic E-state index is -0.679. The van der Waals surface area contributed by atoms with E-state index in [-0.39, 0.29) is 0 Å². The summed E-state index contributed by atoms with van der Waals surface area (Å²) in [5.41, 5.74) is 10.1. The summed E-state index contributed by atoms with van der Waals surface area (Å²) in [5, 5.41) is 14.1. The van der Waals surface area contributed by atoms with E-state index < -0.39 is 8.80 Å². The molecule has 0 bridgehead atoms. The van der Waals surface area contributed by atoms with E-state index in [1.165, 1.54) is 104 Å². The van der Waals surface area contributed by atoms with Crippen molar-refractivity contribution in [1.29, 1.82) is 0 Å². The number of hydrogen-bond donors (Lipinski definition) is 0. The van der Waals surface area contributed by atoms with E-state index in [2.05, 4.69) is 201 Å². The van der Waals surface area contributed by atoms with Gasteiger partial charge in [0, 0.05) is 0 Å². The van der Waals surface area contributed by atoms with Crippen LogP contribution in [0, 0.1) is 0 Å². The Kier molecular flexibility index (Phi) is 7.56. The van der Waals surface area contributed by atoms with Crippen LogP contribution in [0.2, 0.25) is 13.1 Å². The van der Waals surface area contributed by atoms with E-state index in [0.29, 0.717) is 0 Å². The van der Waals surface area contributed by atoms with Crippen LogP contribution in [0.5, 0.6) is 0 Å². The first-order valence-electron chi connectivity index (χ1n) is 18.5. The van der Waals surface area contributed by atoms with Gasteiger partial charge in [0.15, 0.2) is 0 Å². The molecule has 0 atom stereocenters. The van der Waals surface area contributed by atoms with Crippen molar-refractivity contribution in [2.24, 2.45) is 0 Å². The van der Waals surface area contributed by atoms with Crippen LogP contribution in [0.25, 0.3) is 98.4 Å². The average Bonchev–Trinajstić information content (AvgIpc) is 3.21. The molecular weight excluding hydrogens is 653 g/mol. The lowest BCUT2D eigenvalue weighted by Gasteiger charge is -2.25. The maximum absolute atomic E-state index is 2.48. The Morgan fingerprint density at radius 3 is 1.34 bits per heavy atom. The Hall–Kier alpha value is -6.28. The molecule has 10 aromatic rings. The highest BCUT2D eigenvalue weighted by Gasteiger charge is 2.20. The summed E-state index contributed by atoms with van der Waals surface area (Å²) in [6.07, 6.45) is 0. The molecule has 0 aliphatic carbocycles. The molecule has 0 nitrogen and oxygen atoms in total. The Balaban J connectivity index is 1.36. The van der Waals surface area contributed by atoms with Crippen molar-refractivity contribution >= 4 is 67.8 Å². The zero-order chi connectivity index (χ0) is 35.5. The molecule has 0 radical (unpaired) electrons. The minimum Gasteiger partial charge on any atom is -0.291 e. The van der Waals surface area contributed by atoms with Gasteiger partial charge in [0.2, 0.25) is 0 Å². The fraction of sp³-hybridized carbons (Fsp3) is 0.0385. The highest BCUT2D eigenvalue weighted by atomic mass is 28.3. The van der Waals surface area contributed by atoms with Crippen molar-refractivity contribution in [1.82, 2.24) is 0 Å². The number of benzene rings is 10. The van der Waals surface area contributed by atoms with Gasteiger partial charge in [0.25, 0.3) is 0 Å². The molecule has 1 heteroatoms. The molecule has 0 saturated heterocycles. The first-order chi connectivity index (χ1) is 26.1. The Morgan fingerprint density at radius 1 is 0.283 bits per heavy atom. The summed E-state index contributed by atoms with van der Waals surface area (Å²) < 4.78 is 0.